The first-order chi connectivity index (χ1) is 9.62. The summed E-state index contributed by atoms with van der Waals surface area (Å²) in [5, 5.41) is 4.11. The number of carbonyl (C=O) groups excluding carboxylic acids is 1. The predicted octanol–water partition coefficient (Wildman–Crippen LogP) is 2.73. The second-order valence-corrected chi connectivity index (χ2v) is 6.03. The Labute approximate surface area is 125 Å². The van der Waals surface area contributed by atoms with Crippen LogP contribution in [0, 0.1) is 5.92 Å². The normalized spacial score (nSPS) is 29.9. The Morgan fingerprint density at radius 2 is 2.10 bits per heavy atom. The minimum Gasteiger partial charge on any atom is -0.326 e. The van der Waals surface area contributed by atoms with Gasteiger partial charge in [0.25, 0.3) is 0 Å². The highest BCUT2D eigenvalue weighted by molar-refractivity contribution is 6.30. The van der Waals surface area contributed by atoms with Gasteiger partial charge in [-0.1, -0.05) is 50.4 Å². The van der Waals surface area contributed by atoms with Gasteiger partial charge in [-0.25, -0.2) is 0 Å². The summed E-state index contributed by atoms with van der Waals surface area (Å²) in [6.45, 7) is 4.34. The molecule has 1 fully saturated rings. The Kier molecular flexibility index (Phi) is 5.19. The zero-order chi connectivity index (χ0) is 14.7. The zero-order valence-corrected chi connectivity index (χ0v) is 12.8. The summed E-state index contributed by atoms with van der Waals surface area (Å²) in [7, 11) is 0. The molecule has 1 heterocycles. The Morgan fingerprint density at radius 3 is 2.65 bits per heavy atom. The molecular formula is C16H23ClN2O. The van der Waals surface area contributed by atoms with Crippen LogP contribution in [0.1, 0.15) is 38.2 Å². The fourth-order valence-electron chi connectivity index (χ4n) is 3.41. The summed E-state index contributed by atoms with van der Waals surface area (Å²) < 4.78 is 0. The van der Waals surface area contributed by atoms with Crippen LogP contribution in [-0.2, 0) is 4.79 Å². The van der Waals surface area contributed by atoms with E-state index in [2.05, 4.69) is 19.2 Å². The van der Waals surface area contributed by atoms with Crippen molar-refractivity contribution >= 4 is 17.9 Å². The van der Waals surface area contributed by atoms with Crippen molar-refractivity contribution in [1.29, 1.82) is 0 Å². The minimum absolute atomic E-state index is 0.00296. The van der Waals surface area contributed by atoms with Crippen molar-refractivity contribution in [3.63, 3.8) is 0 Å². The van der Waals surface area contributed by atoms with E-state index in [0.29, 0.717) is 10.9 Å². The molecule has 4 atom stereocenters. The molecule has 1 unspecified atom stereocenters. The van der Waals surface area contributed by atoms with Crippen LogP contribution in [0.2, 0.25) is 5.02 Å². The fraction of sp³-hybridized carbons (Fsp3) is 0.562. The molecule has 0 saturated carbocycles. The molecule has 3 nitrogen and oxygen atoms in total. The second kappa shape index (κ2) is 6.70. The van der Waals surface area contributed by atoms with E-state index in [1.807, 2.05) is 24.3 Å². The molecule has 1 aliphatic heterocycles. The van der Waals surface area contributed by atoms with Crippen LogP contribution in [0.4, 0.5) is 0 Å². The smallest absolute Gasteiger partial charge is 0.137 e. The van der Waals surface area contributed by atoms with E-state index in [0.717, 1.165) is 24.7 Å². The van der Waals surface area contributed by atoms with Crippen molar-refractivity contribution in [3.05, 3.63) is 34.9 Å². The predicted molar refractivity (Wildman–Crippen MR) is 83.0 cm³/mol. The Balaban J connectivity index is 2.29. The highest BCUT2D eigenvalue weighted by Crippen LogP contribution is 2.34. The van der Waals surface area contributed by atoms with Gasteiger partial charge < -0.3 is 15.8 Å². The van der Waals surface area contributed by atoms with E-state index in [-0.39, 0.29) is 24.0 Å². The highest BCUT2D eigenvalue weighted by Gasteiger charge is 2.43. The van der Waals surface area contributed by atoms with Gasteiger partial charge in [-0.2, -0.15) is 0 Å². The van der Waals surface area contributed by atoms with Gasteiger partial charge in [0.15, 0.2) is 0 Å². The number of hydrogen-bond acceptors (Lipinski definition) is 3. The lowest BCUT2D eigenvalue weighted by molar-refractivity contribution is -0.109. The third-order valence-electron chi connectivity index (χ3n) is 4.54. The van der Waals surface area contributed by atoms with Crippen LogP contribution in [-0.4, -0.2) is 24.4 Å². The standard InChI is InChI=1S/C16H23ClN2O/c1-3-10(4-2)16-15(18)14(13(9-20)19-16)11-6-5-7-12(17)8-11/h5-10,13-16,19H,3-4,18H2,1-2H3/t13-,14-,15?,16+/m0/s1. The zero-order valence-electron chi connectivity index (χ0n) is 12.1. The third kappa shape index (κ3) is 2.90. The molecule has 2 rings (SSSR count). The number of nitrogens with one attached hydrogen (secondary N) is 1. The van der Waals surface area contributed by atoms with Gasteiger partial charge in [-0.15, -0.1) is 0 Å². The van der Waals surface area contributed by atoms with Gasteiger partial charge >= 0.3 is 0 Å². The van der Waals surface area contributed by atoms with Gasteiger partial charge in [0.1, 0.15) is 6.29 Å². The van der Waals surface area contributed by atoms with Crippen LogP contribution >= 0.6 is 11.6 Å². The van der Waals surface area contributed by atoms with Crippen molar-refractivity contribution in [2.45, 2.75) is 50.7 Å². The van der Waals surface area contributed by atoms with E-state index < -0.39 is 0 Å². The van der Waals surface area contributed by atoms with Gasteiger partial charge in [0.2, 0.25) is 0 Å². The van der Waals surface area contributed by atoms with Crippen LogP contribution in [0.15, 0.2) is 24.3 Å². The Hall–Kier alpha value is -0.900. The summed E-state index contributed by atoms with van der Waals surface area (Å²) in [4.78, 5) is 11.4. The molecule has 0 spiro atoms. The SMILES string of the molecule is CCC(CC)[C@H]1N[C@@H](C=O)[C@H](c2cccc(Cl)c2)C1N. The number of benzene rings is 1. The summed E-state index contributed by atoms with van der Waals surface area (Å²) >= 11 is 6.07. The molecule has 1 aromatic rings. The molecule has 20 heavy (non-hydrogen) atoms. The van der Waals surface area contributed by atoms with Gasteiger partial charge in [-0.3, -0.25) is 0 Å². The highest BCUT2D eigenvalue weighted by atomic mass is 35.5. The Morgan fingerprint density at radius 1 is 1.40 bits per heavy atom. The molecule has 1 aliphatic rings. The number of hydrogen-bond donors (Lipinski definition) is 2. The van der Waals surface area contributed by atoms with Crippen molar-refractivity contribution in [3.8, 4) is 0 Å². The molecule has 0 amide bonds. The van der Waals surface area contributed by atoms with Crippen molar-refractivity contribution in [1.82, 2.24) is 5.32 Å². The first-order valence-corrected chi connectivity index (χ1v) is 7.72. The molecule has 4 heteroatoms. The van der Waals surface area contributed by atoms with E-state index >= 15 is 0 Å². The average Bonchev–Trinajstić information content (AvgIpc) is 2.77. The van der Waals surface area contributed by atoms with Gasteiger partial charge in [0.05, 0.1) is 6.04 Å². The summed E-state index contributed by atoms with van der Waals surface area (Å²) in [5.74, 6) is 0.494. The molecule has 1 aromatic carbocycles. The molecule has 0 aliphatic carbocycles. The minimum atomic E-state index is -0.228. The first kappa shape index (κ1) is 15.5. The molecule has 3 N–H and O–H groups in total. The average molecular weight is 295 g/mol. The van der Waals surface area contributed by atoms with E-state index in [9.17, 15) is 4.79 Å². The lowest BCUT2D eigenvalue weighted by atomic mass is 9.83. The molecule has 110 valence electrons. The number of halogens is 1. The summed E-state index contributed by atoms with van der Waals surface area (Å²) in [6.07, 6.45) is 3.11. The molecule has 0 bridgehead atoms. The topological polar surface area (TPSA) is 55.1 Å². The number of rotatable bonds is 5. The van der Waals surface area contributed by atoms with Crippen LogP contribution in [0.5, 0.6) is 0 Å². The molecule has 0 radical (unpaired) electrons. The molecular weight excluding hydrogens is 272 g/mol. The van der Waals surface area contributed by atoms with Crippen LogP contribution in [0.25, 0.3) is 0 Å². The van der Waals surface area contributed by atoms with Gasteiger partial charge in [0, 0.05) is 23.0 Å². The fourth-order valence-corrected chi connectivity index (χ4v) is 3.61. The first-order valence-electron chi connectivity index (χ1n) is 7.34. The van der Waals surface area contributed by atoms with Crippen molar-refractivity contribution in [2.24, 2.45) is 11.7 Å². The van der Waals surface area contributed by atoms with E-state index in [4.69, 9.17) is 17.3 Å². The second-order valence-electron chi connectivity index (χ2n) is 5.59. The number of carbonyl (C=O) groups is 1. The van der Waals surface area contributed by atoms with E-state index in [1.165, 1.54) is 0 Å². The maximum Gasteiger partial charge on any atom is 0.137 e. The summed E-state index contributed by atoms with van der Waals surface area (Å²) in [6, 6.07) is 7.57. The van der Waals surface area contributed by atoms with E-state index in [1.54, 1.807) is 0 Å². The molecule has 0 aromatic heterocycles. The Bertz CT molecular complexity index is 462. The number of aldehydes is 1. The maximum atomic E-state index is 11.4. The molecule has 1 saturated heterocycles. The van der Waals surface area contributed by atoms with Crippen LogP contribution < -0.4 is 11.1 Å². The van der Waals surface area contributed by atoms with Crippen LogP contribution in [0.3, 0.4) is 0 Å². The lowest BCUT2D eigenvalue weighted by Crippen LogP contribution is -2.43. The van der Waals surface area contributed by atoms with Crippen molar-refractivity contribution < 1.29 is 4.79 Å². The number of nitrogens with two attached hydrogens (primary N) is 1. The quantitative estimate of drug-likeness (QED) is 0.821. The lowest BCUT2D eigenvalue weighted by Gasteiger charge is -2.26. The third-order valence-corrected chi connectivity index (χ3v) is 4.77. The largest absolute Gasteiger partial charge is 0.326 e. The van der Waals surface area contributed by atoms with Gasteiger partial charge in [-0.05, 0) is 23.6 Å². The monoisotopic (exact) mass is 294 g/mol. The summed E-state index contributed by atoms with van der Waals surface area (Å²) in [5.41, 5.74) is 7.50. The maximum absolute atomic E-state index is 11.4. The van der Waals surface area contributed by atoms with Crippen molar-refractivity contribution in [2.75, 3.05) is 0 Å².